The molecule has 0 aliphatic rings. The van der Waals surface area contributed by atoms with E-state index in [9.17, 15) is 14.3 Å². The third-order valence-corrected chi connectivity index (χ3v) is 6.59. The standard InChI is InChI=1S/C24H51N2O6P/c1-6-7-8-9-10-11-12-13-14-15-16-17-18-23(21-30-24(27)25-2)22-32-33(28,29)31-20-19-26(3,4)5/h23H,6-22H2,1-5H3,(H-,25,27,28,29)/p+1. The fraction of sp³-hybridized carbons (Fsp3) is 0.958. The van der Waals surface area contributed by atoms with Crippen LogP contribution in [0.3, 0.4) is 0 Å². The first kappa shape index (κ1) is 32.3. The largest absolute Gasteiger partial charge is 0.472 e. The van der Waals surface area contributed by atoms with Crippen molar-refractivity contribution in [1.82, 2.24) is 5.32 Å². The molecular formula is C24H52N2O6P+. The van der Waals surface area contributed by atoms with Crippen LogP contribution in [-0.4, -0.2) is 70.0 Å². The first-order valence-corrected chi connectivity index (χ1v) is 14.4. The molecular weight excluding hydrogens is 443 g/mol. The maximum atomic E-state index is 12.2. The fourth-order valence-electron chi connectivity index (χ4n) is 3.42. The van der Waals surface area contributed by atoms with E-state index in [1.54, 1.807) is 0 Å². The van der Waals surface area contributed by atoms with Crippen LogP contribution >= 0.6 is 7.82 Å². The van der Waals surface area contributed by atoms with E-state index in [0.717, 1.165) is 19.3 Å². The quantitative estimate of drug-likeness (QED) is 0.110. The van der Waals surface area contributed by atoms with Gasteiger partial charge in [0.15, 0.2) is 0 Å². The number of phosphoric ester groups is 1. The third kappa shape index (κ3) is 22.9. The van der Waals surface area contributed by atoms with Crippen LogP contribution in [0.4, 0.5) is 4.79 Å². The zero-order valence-corrected chi connectivity index (χ0v) is 22.9. The van der Waals surface area contributed by atoms with Gasteiger partial charge in [-0.1, -0.05) is 84.0 Å². The molecule has 0 radical (unpaired) electrons. The molecule has 0 rings (SSSR count). The summed E-state index contributed by atoms with van der Waals surface area (Å²) < 4.78 is 28.2. The van der Waals surface area contributed by atoms with Gasteiger partial charge < -0.3 is 19.4 Å². The molecule has 0 saturated heterocycles. The second-order valence-electron chi connectivity index (χ2n) is 10.0. The Morgan fingerprint density at radius 2 is 1.39 bits per heavy atom. The molecule has 1 amide bonds. The maximum absolute atomic E-state index is 12.2. The number of rotatable bonds is 22. The average molecular weight is 496 g/mol. The Morgan fingerprint density at radius 3 is 1.88 bits per heavy atom. The van der Waals surface area contributed by atoms with Crippen molar-refractivity contribution in [2.75, 3.05) is 54.6 Å². The molecule has 2 N–H and O–H groups in total. The van der Waals surface area contributed by atoms with Gasteiger partial charge >= 0.3 is 13.9 Å². The molecule has 33 heavy (non-hydrogen) atoms. The van der Waals surface area contributed by atoms with Gasteiger partial charge in [0, 0.05) is 13.0 Å². The molecule has 0 aromatic heterocycles. The molecule has 198 valence electrons. The predicted molar refractivity (Wildman–Crippen MR) is 134 cm³/mol. The lowest BCUT2D eigenvalue weighted by atomic mass is 10.0. The molecule has 0 aliphatic carbocycles. The van der Waals surface area contributed by atoms with Gasteiger partial charge in [-0.2, -0.15) is 0 Å². The number of hydrogen-bond acceptors (Lipinski definition) is 5. The second-order valence-corrected chi connectivity index (χ2v) is 11.5. The van der Waals surface area contributed by atoms with Crippen LogP contribution in [0.1, 0.15) is 90.4 Å². The number of hydrogen-bond donors (Lipinski definition) is 2. The number of carbonyl (C=O) groups is 1. The highest BCUT2D eigenvalue weighted by Gasteiger charge is 2.25. The molecule has 0 aliphatic heterocycles. The number of carbonyl (C=O) groups excluding carboxylic acids is 1. The van der Waals surface area contributed by atoms with Crippen molar-refractivity contribution < 1.29 is 32.5 Å². The molecule has 9 heteroatoms. The summed E-state index contributed by atoms with van der Waals surface area (Å²) >= 11 is 0. The first-order valence-electron chi connectivity index (χ1n) is 12.9. The highest BCUT2D eigenvalue weighted by molar-refractivity contribution is 7.47. The molecule has 0 saturated carbocycles. The van der Waals surface area contributed by atoms with Crippen molar-refractivity contribution >= 4 is 13.9 Å². The van der Waals surface area contributed by atoms with Gasteiger partial charge in [-0.25, -0.2) is 9.36 Å². The van der Waals surface area contributed by atoms with Gasteiger partial charge in [0.2, 0.25) is 0 Å². The molecule has 0 aromatic carbocycles. The maximum Gasteiger partial charge on any atom is 0.472 e. The minimum atomic E-state index is -4.12. The summed E-state index contributed by atoms with van der Waals surface area (Å²) in [4.78, 5) is 21.4. The highest BCUT2D eigenvalue weighted by Crippen LogP contribution is 2.43. The average Bonchev–Trinajstić information content (AvgIpc) is 2.74. The number of nitrogens with one attached hydrogen (secondary N) is 1. The van der Waals surface area contributed by atoms with E-state index in [1.165, 1.54) is 71.3 Å². The van der Waals surface area contributed by atoms with Gasteiger partial charge in [0.25, 0.3) is 0 Å². The van der Waals surface area contributed by atoms with Crippen molar-refractivity contribution in [3.8, 4) is 0 Å². The molecule has 0 aromatic rings. The van der Waals surface area contributed by atoms with E-state index in [4.69, 9.17) is 13.8 Å². The smallest absolute Gasteiger partial charge is 0.449 e. The van der Waals surface area contributed by atoms with Crippen LogP contribution in [0, 0.1) is 5.92 Å². The van der Waals surface area contributed by atoms with Crippen LogP contribution in [-0.2, 0) is 18.3 Å². The number of nitrogens with zero attached hydrogens (tertiary/aromatic N) is 1. The van der Waals surface area contributed by atoms with Gasteiger partial charge in [-0.3, -0.25) is 9.05 Å². The van der Waals surface area contributed by atoms with Crippen molar-refractivity contribution in [2.45, 2.75) is 90.4 Å². The number of ether oxygens (including phenoxy) is 1. The van der Waals surface area contributed by atoms with Crippen LogP contribution in [0.2, 0.25) is 0 Å². The zero-order chi connectivity index (χ0) is 25.0. The predicted octanol–water partition coefficient (Wildman–Crippen LogP) is 5.89. The zero-order valence-electron chi connectivity index (χ0n) is 22.0. The molecule has 0 bridgehead atoms. The number of alkyl carbamates (subject to hydrolysis) is 1. The lowest BCUT2D eigenvalue weighted by Crippen LogP contribution is -2.37. The molecule has 8 nitrogen and oxygen atoms in total. The number of quaternary nitrogens is 1. The lowest BCUT2D eigenvalue weighted by Gasteiger charge is -2.24. The van der Waals surface area contributed by atoms with E-state index in [1.807, 2.05) is 21.1 Å². The van der Waals surface area contributed by atoms with E-state index < -0.39 is 13.9 Å². The summed E-state index contributed by atoms with van der Waals surface area (Å²) in [6.45, 7) is 3.15. The number of unbranched alkanes of at least 4 members (excludes halogenated alkanes) is 11. The summed E-state index contributed by atoms with van der Waals surface area (Å²) in [6, 6.07) is 0. The minimum absolute atomic E-state index is 0.0210. The fourth-order valence-corrected chi connectivity index (χ4v) is 4.21. The minimum Gasteiger partial charge on any atom is -0.449 e. The van der Waals surface area contributed by atoms with Crippen LogP contribution in [0.25, 0.3) is 0 Å². The summed E-state index contributed by atoms with van der Waals surface area (Å²) in [6.07, 6.45) is 15.5. The number of likely N-dealkylation sites (N-methyl/N-ethyl adjacent to an activating group) is 1. The SMILES string of the molecule is CCCCCCCCCCCCCCC(COC(=O)NC)COP(=O)(O)OCC[N+](C)(C)C. The second kappa shape index (κ2) is 19.6. The Morgan fingerprint density at radius 1 is 0.879 bits per heavy atom. The van der Waals surface area contributed by atoms with Gasteiger partial charge in [0.1, 0.15) is 13.2 Å². The topological polar surface area (TPSA) is 94.1 Å². The van der Waals surface area contributed by atoms with Crippen LogP contribution in [0.15, 0.2) is 0 Å². The number of amides is 1. The molecule has 0 heterocycles. The van der Waals surface area contributed by atoms with Crippen molar-refractivity contribution in [1.29, 1.82) is 0 Å². The monoisotopic (exact) mass is 495 g/mol. The molecule has 0 spiro atoms. The molecule has 2 atom stereocenters. The summed E-state index contributed by atoms with van der Waals surface area (Å²) in [5.74, 6) is -0.145. The Hall–Kier alpha value is -0.660. The third-order valence-electron chi connectivity index (χ3n) is 5.61. The van der Waals surface area contributed by atoms with Crippen molar-refractivity contribution in [3.05, 3.63) is 0 Å². The first-order chi connectivity index (χ1) is 15.6. The molecule has 0 fully saturated rings. The Bertz CT molecular complexity index is 528. The van der Waals surface area contributed by atoms with E-state index in [2.05, 4.69) is 12.2 Å². The van der Waals surface area contributed by atoms with Gasteiger partial charge in [-0.05, 0) is 6.42 Å². The lowest BCUT2D eigenvalue weighted by molar-refractivity contribution is -0.870. The van der Waals surface area contributed by atoms with Crippen molar-refractivity contribution in [3.63, 3.8) is 0 Å². The highest BCUT2D eigenvalue weighted by atomic mass is 31.2. The Labute approximate surface area is 202 Å². The van der Waals surface area contributed by atoms with Crippen LogP contribution in [0.5, 0.6) is 0 Å². The van der Waals surface area contributed by atoms with Gasteiger partial charge in [0.05, 0.1) is 34.4 Å². The number of phosphoric acid groups is 1. The summed E-state index contributed by atoms with van der Waals surface area (Å²) in [7, 11) is 3.32. The van der Waals surface area contributed by atoms with Crippen molar-refractivity contribution in [2.24, 2.45) is 5.92 Å². The summed E-state index contributed by atoms with van der Waals surface area (Å²) in [5, 5.41) is 2.42. The Balaban J connectivity index is 4.11. The van der Waals surface area contributed by atoms with E-state index >= 15 is 0 Å². The Kier molecular flexibility index (Phi) is 19.2. The van der Waals surface area contributed by atoms with E-state index in [-0.39, 0.29) is 25.7 Å². The molecule has 2 unspecified atom stereocenters. The van der Waals surface area contributed by atoms with E-state index in [0.29, 0.717) is 11.0 Å². The summed E-state index contributed by atoms with van der Waals surface area (Å²) in [5.41, 5.74) is 0. The van der Waals surface area contributed by atoms with Crippen LogP contribution < -0.4 is 5.32 Å². The van der Waals surface area contributed by atoms with Gasteiger partial charge in [-0.15, -0.1) is 0 Å². The normalized spacial score (nSPS) is 14.6.